The predicted molar refractivity (Wildman–Crippen MR) is 155 cm³/mol. The molecule has 0 radical (unpaired) electrons. The van der Waals surface area contributed by atoms with Crippen molar-refractivity contribution in [3.8, 4) is 17.1 Å². The molecule has 206 valence electrons. The van der Waals surface area contributed by atoms with Crippen molar-refractivity contribution in [1.29, 1.82) is 0 Å². The van der Waals surface area contributed by atoms with Crippen molar-refractivity contribution in [2.45, 2.75) is 27.7 Å². The number of hydrogen-bond donors (Lipinski definition) is 2. The number of thioether (sulfide) groups is 1. The van der Waals surface area contributed by atoms with E-state index in [0.29, 0.717) is 22.4 Å². The number of esters is 1. The summed E-state index contributed by atoms with van der Waals surface area (Å²) in [6.07, 6.45) is 1.55. The van der Waals surface area contributed by atoms with Gasteiger partial charge in [0.05, 0.1) is 17.3 Å². The monoisotopic (exact) mass is 560 g/mol. The van der Waals surface area contributed by atoms with E-state index in [2.05, 4.69) is 25.7 Å². The number of aliphatic imine (C=N–C) groups is 1. The Labute approximate surface area is 235 Å². The highest BCUT2D eigenvalue weighted by atomic mass is 32.2. The zero-order valence-corrected chi connectivity index (χ0v) is 23.3. The molecule has 0 atom stereocenters. The molecule has 1 heterocycles. The first-order chi connectivity index (χ1) is 19.2. The molecule has 4 aromatic rings. The van der Waals surface area contributed by atoms with E-state index in [0.717, 1.165) is 34.1 Å². The molecule has 1 aromatic heterocycles. The Kier molecular flexibility index (Phi) is 9.28. The molecule has 0 aliphatic heterocycles. The summed E-state index contributed by atoms with van der Waals surface area (Å²) in [5.74, 6) is -0.428. The second kappa shape index (κ2) is 13.0. The van der Waals surface area contributed by atoms with Crippen molar-refractivity contribution in [2.75, 3.05) is 11.3 Å². The third-order valence-corrected chi connectivity index (χ3v) is 6.43. The second-order valence-electron chi connectivity index (χ2n) is 9.18. The van der Waals surface area contributed by atoms with Crippen molar-refractivity contribution >= 4 is 40.3 Å². The summed E-state index contributed by atoms with van der Waals surface area (Å²) in [5.41, 5.74) is 4.60. The lowest BCUT2D eigenvalue weighted by Gasteiger charge is -2.13. The normalized spacial score (nSPS) is 11.4. The Hall–Kier alpha value is -4.51. The van der Waals surface area contributed by atoms with Crippen LogP contribution in [0.25, 0.3) is 17.1 Å². The molecule has 3 aromatic carbocycles. The van der Waals surface area contributed by atoms with Crippen molar-refractivity contribution in [3.63, 3.8) is 0 Å². The van der Waals surface area contributed by atoms with Gasteiger partial charge in [0.1, 0.15) is 18.1 Å². The standard InChI is InChI=1S/C29H29FN6O3S/c1-18(2)27(37)39-17-40-29(33-25-19(3)6-5-7-20(25)4)34-28(38)32-23-12-8-21(9-13-23)26-31-16-36(35-26)24-14-10-22(30)11-15-24/h5-16,18H,17H2,1-4H3,(H2,32,33,34,38). The molecule has 9 nitrogen and oxygen atoms in total. The Bertz CT molecular complexity index is 1500. The summed E-state index contributed by atoms with van der Waals surface area (Å²) in [6.45, 7) is 7.38. The number of ether oxygens (including phenoxy) is 1. The summed E-state index contributed by atoms with van der Waals surface area (Å²) in [4.78, 5) is 33.7. The minimum absolute atomic E-state index is 0.00726. The number of hydrogen-bond acceptors (Lipinski definition) is 7. The van der Waals surface area contributed by atoms with Gasteiger partial charge < -0.3 is 10.1 Å². The predicted octanol–water partition coefficient (Wildman–Crippen LogP) is 6.39. The lowest BCUT2D eigenvalue weighted by molar-refractivity contribution is -0.144. The lowest BCUT2D eigenvalue weighted by atomic mass is 10.1. The van der Waals surface area contributed by atoms with Crippen LogP contribution in [0.3, 0.4) is 0 Å². The fourth-order valence-corrected chi connectivity index (χ4v) is 4.17. The summed E-state index contributed by atoms with van der Waals surface area (Å²) in [6, 6.07) is 18.3. The van der Waals surface area contributed by atoms with E-state index in [-0.39, 0.29) is 23.6 Å². The minimum atomic E-state index is -0.501. The number of amidine groups is 1. The average Bonchev–Trinajstić information content (AvgIpc) is 3.41. The topological polar surface area (TPSA) is 110 Å². The number of amides is 2. The molecular formula is C29H29FN6O3S. The van der Waals surface area contributed by atoms with E-state index < -0.39 is 6.03 Å². The van der Waals surface area contributed by atoms with Crippen LogP contribution < -0.4 is 10.6 Å². The largest absolute Gasteiger partial charge is 0.454 e. The number of benzene rings is 3. The number of para-hydroxylation sites is 1. The number of aromatic nitrogens is 3. The number of aryl methyl sites for hydroxylation is 2. The number of halogens is 1. The maximum absolute atomic E-state index is 13.2. The van der Waals surface area contributed by atoms with Gasteiger partial charge in [-0.05, 0) is 85.3 Å². The number of rotatable bonds is 7. The Balaban J connectivity index is 1.43. The van der Waals surface area contributed by atoms with E-state index in [9.17, 15) is 14.0 Å². The van der Waals surface area contributed by atoms with Gasteiger partial charge in [-0.1, -0.05) is 32.0 Å². The number of urea groups is 1. The molecule has 11 heteroatoms. The van der Waals surface area contributed by atoms with Crippen LogP contribution in [0.2, 0.25) is 0 Å². The fourth-order valence-electron chi connectivity index (χ4n) is 3.57. The smallest absolute Gasteiger partial charge is 0.325 e. The average molecular weight is 561 g/mol. The van der Waals surface area contributed by atoms with Gasteiger partial charge >= 0.3 is 12.0 Å². The molecule has 0 spiro atoms. The van der Waals surface area contributed by atoms with Crippen LogP contribution in [0.4, 0.5) is 20.6 Å². The summed E-state index contributed by atoms with van der Waals surface area (Å²) in [7, 11) is 0. The van der Waals surface area contributed by atoms with Crippen LogP contribution in [0, 0.1) is 25.6 Å². The van der Waals surface area contributed by atoms with Crippen molar-refractivity contribution < 1.29 is 18.7 Å². The van der Waals surface area contributed by atoms with Gasteiger partial charge in [-0.3, -0.25) is 10.1 Å². The molecule has 0 aliphatic carbocycles. The highest BCUT2D eigenvalue weighted by molar-refractivity contribution is 8.13. The van der Waals surface area contributed by atoms with Gasteiger partial charge in [0.2, 0.25) is 0 Å². The first-order valence-electron chi connectivity index (χ1n) is 12.5. The van der Waals surface area contributed by atoms with E-state index in [1.165, 1.54) is 12.1 Å². The van der Waals surface area contributed by atoms with E-state index in [1.54, 1.807) is 61.3 Å². The Morgan fingerprint density at radius 3 is 2.35 bits per heavy atom. The van der Waals surface area contributed by atoms with Crippen LogP contribution in [-0.2, 0) is 9.53 Å². The first kappa shape index (κ1) is 28.5. The van der Waals surface area contributed by atoms with Gasteiger partial charge in [-0.2, -0.15) is 0 Å². The highest BCUT2D eigenvalue weighted by Gasteiger charge is 2.13. The van der Waals surface area contributed by atoms with E-state index in [1.807, 2.05) is 32.0 Å². The van der Waals surface area contributed by atoms with Crippen molar-refractivity contribution in [3.05, 3.63) is 90.0 Å². The van der Waals surface area contributed by atoms with Gasteiger partial charge in [-0.15, -0.1) is 5.10 Å². The highest BCUT2D eigenvalue weighted by Crippen LogP contribution is 2.25. The van der Waals surface area contributed by atoms with Crippen LogP contribution in [0.15, 0.2) is 78.0 Å². The van der Waals surface area contributed by atoms with E-state index >= 15 is 0 Å². The Morgan fingerprint density at radius 1 is 1.02 bits per heavy atom. The summed E-state index contributed by atoms with van der Waals surface area (Å²) < 4.78 is 20.0. The van der Waals surface area contributed by atoms with Crippen LogP contribution in [-0.4, -0.2) is 37.9 Å². The van der Waals surface area contributed by atoms with Gasteiger partial charge in [-0.25, -0.2) is 23.8 Å². The molecule has 0 saturated heterocycles. The molecule has 40 heavy (non-hydrogen) atoms. The number of nitrogens with one attached hydrogen (secondary N) is 2. The fraction of sp³-hybridized carbons (Fsp3) is 0.207. The zero-order chi connectivity index (χ0) is 28.6. The first-order valence-corrected chi connectivity index (χ1v) is 13.5. The SMILES string of the molecule is Cc1cccc(C)c1N=C(NC(=O)Nc1ccc(-c2ncn(-c3ccc(F)cc3)n2)cc1)SCOC(=O)C(C)C. The molecule has 2 N–H and O–H groups in total. The number of anilines is 1. The maximum atomic E-state index is 13.2. The lowest BCUT2D eigenvalue weighted by Crippen LogP contribution is -2.33. The van der Waals surface area contributed by atoms with Gasteiger partial charge in [0.25, 0.3) is 0 Å². The molecule has 2 amide bonds. The second-order valence-corrected chi connectivity index (χ2v) is 10.1. The molecule has 0 bridgehead atoms. The third kappa shape index (κ3) is 7.54. The number of carbonyl (C=O) groups is 2. The molecule has 0 saturated carbocycles. The number of nitrogens with zero attached hydrogens (tertiary/aromatic N) is 4. The minimum Gasteiger partial charge on any atom is -0.454 e. The Morgan fingerprint density at radius 2 is 1.70 bits per heavy atom. The van der Waals surface area contributed by atoms with Gasteiger partial charge in [0.15, 0.2) is 11.0 Å². The molecular weight excluding hydrogens is 531 g/mol. The molecule has 0 fully saturated rings. The van der Waals surface area contributed by atoms with Crippen LogP contribution in [0.5, 0.6) is 0 Å². The molecule has 0 aliphatic rings. The van der Waals surface area contributed by atoms with Crippen molar-refractivity contribution in [2.24, 2.45) is 10.9 Å². The zero-order valence-electron chi connectivity index (χ0n) is 22.5. The third-order valence-electron chi connectivity index (χ3n) is 5.73. The van der Waals surface area contributed by atoms with Gasteiger partial charge in [0, 0.05) is 11.3 Å². The van der Waals surface area contributed by atoms with Crippen LogP contribution >= 0.6 is 11.8 Å². The van der Waals surface area contributed by atoms with Crippen LogP contribution in [0.1, 0.15) is 25.0 Å². The maximum Gasteiger partial charge on any atom is 0.325 e. The summed E-state index contributed by atoms with van der Waals surface area (Å²) >= 11 is 1.11. The number of carbonyl (C=O) groups excluding carboxylic acids is 2. The quantitative estimate of drug-likeness (QED) is 0.117. The van der Waals surface area contributed by atoms with Crippen molar-refractivity contribution in [1.82, 2.24) is 20.1 Å². The van der Waals surface area contributed by atoms with E-state index in [4.69, 9.17) is 4.74 Å². The molecule has 4 rings (SSSR count). The summed E-state index contributed by atoms with van der Waals surface area (Å²) in [5, 5.41) is 10.3. The molecule has 0 unspecified atom stereocenters.